The van der Waals surface area contributed by atoms with Crippen LogP contribution in [0.15, 0.2) is 35.4 Å². The van der Waals surface area contributed by atoms with E-state index in [9.17, 15) is 18.0 Å². The Morgan fingerprint density at radius 3 is 2.73 bits per heavy atom. The largest absolute Gasteiger partial charge is 0.352 e. The van der Waals surface area contributed by atoms with Gasteiger partial charge in [0.05, 0.1) is 5.75 Å². The Labute approximate surface area is 151 Å². The Bertz CT molecular complexity index is 962. The van der Waals surface area contributed by atoms with Gasteiger partial charge < -0.3 is 5.32 Å². The van der Waals surface area contributed by atoms with E-state index in [-0.39, 0.29) is 17.2 Å². The highest BCUT2D eigenvalue weighted by Crippen LogP contribution is 2.19. The molecule has 140 valence electrons. The lowest BCUT2D eigenvalue weighted by molar-refractivity contribution is 0.0939. The highest BCUT2D eigenvalue weighted by molar-refractivity contribution is 7.89. The maximum Gasteiger partial charge on any atom is 0.270 e. The molecule has 0 aromatic carbocycles. The molecule has 9 heteroatoms. The number of pyridine rings is 1. The summed E-state index contributed by atoms with van der Waals surface area (Å²) in [6.45, 7) is 2.99. The van der Waals surface area contributed by atoms with E-state index in [4.69, 9.17) is 0 Å². The Hall–Kier alpha value is -2.26. The Morgan fingerprint density at radius 1 is 1.31 bits per heavy atom. The van der Waals surface area contributed by atoms with Gasteiger partial charge in [-0.15, -0.1) is 0 Å². The average molecular weight is 378 g/mol. The molecule has 0 aliphatic carbocycles. The number of hydrogen-bond donors (Lipinski definition) is 1. The third-order valence-corrected chi connectivity index (χ3v) is 6.62. The lowest BCUT2D eigenvalue weighted by atomic mass is 9.98. The number of amides is 1. The number of carbonyl (C=O) groups excluding carboxylic acids is 1. The van der Waals surface area contributed by atoms with Gasteiger partial charge in [-0.2, -0.15) is 0 Å². The van der Waals surface area contributed by atoms with Crippen LogP contribution >= 0.6 is 0 Å². The smallest absolute Gasteiger partial charge is 0.270 e. The molecule has 1 saturated heterocycles. The van der Waals surface area contributed by atoms with E-state index in [1.54, 1.807) is 31.3 Å². The van der Waals surface area contributed by atoms with Gasteiger partial charge in [0.1, 0.15) is 11.2 Å². The van der Waals surface area contributed by atoms with Gasteiger partial charge in [-0.25, -0.2) is 17.7 Å². The first-order chi connectivity index (χ1) is 12.4. The number of hydrogen-bond acceptors (Lipinski definition) is 5. The van der Waals surface area contributed by atoms with Crippen LogP contribution < -0.4 is 10.9 Å². The fraction of sp³-hybridized carbons (Fsp3) is 0.471. The van der Waals surface area contributed by atoms with Crippen molar-refractivity contribution in [2.24, 2.45) is 5.92 Å². The lowest BCUT2D eigenvalue weighted by Crippen LogP contribution is -2.42. The van der Waals surface area contributed by atoms with Crippen molar-refractivity contribution in [3.8, 4) is 0 Å². The van der Waals surface area contributed by atoms with Crippen LogP contribution in [0.1, 0.15) is 30.1 Å². The molecule has 0 saturated carbocycles. The minimum absolute atomic E-state index is 0.000281. The van der Waals surface area contributed by atoms with Gasteiger partial charge in [-0.1, -0.05) is 6.07 Å². The second-order valence-corrected chi connectivity index (χ2v) is 8.62. The molecule has 1 N–H and O–H groups in total. The third kappa shape index (κ3) is 3.78. The predicted molar refractivity (Wildman–Crippen MR) is 97.6 cm³/mol. The molecule has 3 heterocycles. The quantitative estimate of drug-likeness (QED) is 0.816. The third-order valence-electron chi connectivity index (χ3n) is 4.74. The molecular weight excluding hydrogens is 356 g/mol. The van der Waals surface area contributed by atoms with Crippen molar-refractivity contribution in [2.75, 3.05) is 25.4 Å². The standard InChI is InChI=1S/C17H22N4O4S/c1-2-26(24,25)20-9-6-13(7-10-20)11-19-16(22)14-12-18-15-5-3-4-8-21(15)17(14)23/h3-5,8,12-13H,2,6-7,9-11H2,1H3,(H,19,22). The zero-order chi connectivity index (χ0) is 18.7. The minimum Gasteiger partial charge on any atom is -0.352 e. The summed E-state index contributed by atoms with van der Waals surface area (Å²) in [7, 11) is -3.15. The molecular formula is C17H22N4O4S. The minimum atomic E-state index is -3.15. The maximum atomic E-state index is 12.4. The number of piperidine rings is 1. The number of rotatable bonds is 5. The van der Waals surface area contributed by atoms with E-state index in [0.717, 1.165) is 0 Å². The molecule has 3 rings (SSSR count). The number of nitrogens with zero attached hydrogens (tertiary/aromatic N) is 3. The number of sulfonamides is 1. The fourth-order valence-electron chi connectivity index (χ4n) is 3.09. The lowest BCUT2D eigenvalue weighted by Gasteiger charge is -2.30. The topological polar surface area (TPSA) is 101 Å². The molecule has 8 nitrogen and oxygen atoms in total. The number of nitrogens with one attached hydrogen (secondary N) is 1. The monoisotopic (exact) mass is 378 g/mol. The first-order valence-corrected chi connectivity index (χ1v) is 10.3. The van der Waals surface area contributed by atoms with Gasteiger partial charge in [-0.05, 0) is 37.8 Å². The molecule has 2 aromatic heterocycles. The van der Waals surface area contributed by atoms with E-state index in [1.165, 1.54) is 14.9 Å². The zero-order valence-electron chi connectivity index (χ0n) is 14.6. The van der Waals surface area contributed by atoms with E-state index < -0.39 is 21.5 Å². The van der Waals surface area contributed by atoms with Crippen molar-refractivity contribution in [3.63, 3.8) is 0 Å². The molecule has 1 aliphatic heterocycles. The highest BCUT2D eigenvalue weighted by Gasteiger charge is 2.27. The summed E-state index contributed by atoms with van der Waals surface area (Å²) in [5, 5.41) is 2.78. The van der Waals surface area contributed by atoms with Gasteiger partial charge in [0.15, 0.2) is 0 Å². The summed E-state index contributed by atoms with van der Waals surface area (Å²) in [6, 6.07) is 5.17. The maximum absolute atomic E-state index is 12.4. The van der Waals surface area contributed by atoms with Gasteiger partial charge in [-0.3, -0.25) is 14.0 Å². The molecule has 0 bridgehead atoms. The normalized spacial score (nSPS) is 16.7. The van der Waals surface area contributed by atoms with Crippen LogP contribution in [0.3, 0.4) is 0 Å². The SMILES string of the molecule is CCS(=O)(=O)N1CCC(CNC(=O)c2cnc3ccccn3c2=O)CC1. The average Bonchev–Trinajstić information content (AvgIpc) is 2.67. The zero-order valence-corrected chi connectivity index (χ0v) is 15.4. The van der Waals surface area contributed by atoms with Gasteiger partial charge >= 0.3 is 0 Å². The summed E-state index contributed by atoms with van der Waals surface area (Å²) in [6.07, 6.45) is 4.25. The van der Waals surface area contributed by atoms with Crippen LogP contribution in [0.25, 0.3) is 5.65 Å². The highest BCUT2D eigenvalue weighted by atomic mass is 32.2. The van der Waals surface area contributed by atoms with Crippen LogP contribution in [-0.2, 0) is 10.0 Å². The first-order valence-electron chi connectivity index (χ1n) is 8.65. The summed E-state index contributed by atoms with van der Waals surface area (Å²) in [4.78, 5) is 28.9. The Kier molecular flexibility index (Phi) is 5.38. The van der Waals surface area contributed by atoms with Gasteiger partial charge in [0.2, 0.25) is 10.0 Å². The number of aromatic nitrogens is 2. The molecule has 26 heavy (non-hydrogen) atoms. The van der Waals surface area contributed by atoms with Crippen molar-refractivity contribution in [3.05, 3.63) is 46.5 Å². The summed E-state index contributed by atoms with van der Waals surface area (Å²) >= 11 is 0. The van der Waals surface area contributed by atoms with E-state index in [1.807, 2.05) is 0 Å². The van der Waals surface area contributed by atoms with E-state index in [2.05, 4.69) is 10.3 Å². The molecule has 1 amide bonds. The van der Waals surface area contributed by atoms with E-state index in [0.29, 0.717) is 38.1 Å². The van der Waals surface area contributed by atoms with Crippen molar-refractivity contribution >= 4 is 21.6 Å². The first kappa shape index (κ1) is 18.5. The Morgan fingerprint density at radius 2 is 2.04 bits per heavy atom. The summed E-state index contributed by atoms with van der Waals surface area (Å²) in [5.74, 6) is -0.157. The molecule has 0 radical (unpaired) electrons. The van der Waals surface area contributed by atoms with Crippen molar-refractivity contribution in [2.45, 2.75) is 19.8 Å². The summed E-state index contributed by atoms with van der Waals surface area (Å²) < 4.78 is 26.6. The van der Waals surface area contributed by atoms with Crippen LogP contribution in [-0.4, -0.2) is 53.4 Å². The van der Waals surface area contributed by atoms with Crippen LogP contribution in [0, 0.1) is 5.92 Å². The van der Waals surface area contributed by atoms with Crippen LogP contribution in [0.5, 0.6) is 0 Å². The van der Waals surface area contributed by atoms with Crippen molar-refractivity contribution in [1.82, 2.24) is 19.0 Å². The predicted octanol–water partition coefficient (Wildman–Crippen LogP) is 0.486. The Balaban J connectivity index is 1.60. The van der Waals surface area contributed by atoms with Crippen molar-refractivity contribution in [1.29, 1.82) is 0 Å². The van der Waals surface area contributed by atoms with E-state index >= 15 is 0 Å². The van der Waals surface area contributed by atoms with Gasteiger partial charge in [0.25, 0.3) is 11.5 Å². The number of fused-ring (bicyclic) bond motifs is 1. The molecule has 0 spiro atoms. The van der Waals surface area contributed by atoms with Crippen molar-refractivity contribution < 1.29 is 13.2 Å². The molecule has 1 aliphatic rings. The van der Waals surface area contributed by atoms with Crippen LogP contribution in [0.4, 0.5) is 0 Å². The molecule has 0 atom stereocenters. The van der Waals surface area contributed by atoms with Gasteiger partial charge in [0, 0.05) is 32.0 Å². The summed E-state index contributed by atoms with van der Waals surface area (Å²) in [5.41, 5.74) is 0.0789. The molecule has 2 aromatic rings. The second kappa shape index (κ2) is 7.55. The fourth-order valence-corrected chi connectivity index (χ4v) is 4.22. The molecule has 1 fully saturated rings. The second-order valence-electron chi connectivity index (χ2n) is 6.36. The van der Waals surface area contributed by atoms with Crippen LogP contribution in [0.2, 0.25) is 0 Å². The number of carbonyl (C=O) groups is 1. The molecule has 0 unspecified atom stereocenters.